The molecule has 2 aromatic carbocycles. The molecule has 7 heteroatoms. The second kappa shape index (κ2) is 11.5. The minimum Gasteiger partial charge on any atom is -0.468 e. The zero-order chi connectivity index (χ0) is 25.6. The number of hydrogen-bond donors (Lipinski definition) is 0. The van der Waals surface area contributed by atoms with Gasteiger partial charge in [-0.1, -0.05) is 24.3 Å². The van der Waals surface area contributed by atoms with Crippen molar-refractivity contribution < 1.29 is 9.53 Å². The van der Waals surface area contributed by atoms with Crippen LogP contribution in [-0.4, -0.2) is 73.2 Å². The molecule has 2 fully saturated rings. The van der Waals surface area contributed by atoms with Gasteiger partial charge in [-0.2, -0.15) is 5.26 Å². The van der Waals surface area contributed by atoms with Gasteiger partial charge in [0.1, 0.15) is 6.04 Å². The number of hydrogen-bond acceptors (Lipinski definition) is 7. The van der Waals surface area contributed by atoms with Crippen molar-refractivity contribution in [2.45, 2.75) is 24.9 Å². The van der Waals surface area contributed by atoms with Crippen LogP contribution in [0, 0.1) is 11.3 Å². The van der Waals surface area contributed by atoms with E-state index < -0.39 is 0 Å². The first-order chi connectivity index (χ1) is 18.2. The van der Waals surface area contributed by atoms with Crippen molar-refractivity contribution in [3.05, 3.63) is 84.2 Å². The number of ether oxygens (including phenoxy) is 1. The first-order valence-corrected chi connectivity index (χ1v) is 13.0. The van der Waals surface area contributed by atoms with Crippen LogP contribution in [0.1, 0.15) is 30.0 Å². The molecule has 0 amide bonds. The van der Waals surface area contributed by atoms with Gasteiger partial charge in [0.05, 0.1) is 18.7 Å². The third-order valence-corrected chi connectivity index (χ3v) is 7.72. The summed E-state index contributed by atoms with van der Waals surface area (Å²) < 4.78 is 5.22. The number of carbonyl (C=O) groups is 1. The molecule has 1 aromatic heterocycles. The van der Waals surface area contributed by atoms with E-state index in [0.29, 0.717) is 11.6 Å². The lowest BCUT2D eigenvalue weighted by Crippen LogP contribution is -2.54. The van der Waals surface area contributed by atoms with Gasteiger partial charge in [0.2, 0.25) is 0 Å². The molecule has 7 nitrogen and oxygen atoms in total. The van der Waals surface area contributed by atoms with Gasteiger partial charge in [0.25, 0.3) is 0 Å². The Balaban J connectivity index is 1.18. The number of aromatic nitrogens is 1. The Labute approximate surface area is 218 Å². The van der Waals surface area contributed by atoms with Crippen molar-refractivity contribution in [2.75, 3.05) is 51.3 Å². The summed E-state index contributed by atoms with van der Waals surface area (Å²) in [7, 11) is 1.47. The van der Waals surface area contributed by atoms with Gasteiger partial charge in [-0.3, -0.25) is 14.8 Å². The van der Waals surface area contributed by atoms with Gasteiger partial charge in [-0.25, -0.2) is 4.79 Å². The highest BCUT2D eigenvalue weighted by atomic mass is 16.5. The first-order valence-electron chi connectivity index (χ1n) is 13.0. The van der Waals surface area contributed by atoms with Crippen LogP contribution in [0.15, 0.2) is 73.1 Å². The van der Waals surface area contributed by atoms with E-state index in [-0.39, 0.29) is 12.0 Å². The highest BCUT2D eigenvalue weighted by Crippen LogP contribution is 2.30. The number of piperazine rings is 1. The molecule has 3 heterocycles. The average molecular weight is 496 g/mol. The molecule has 0 bridgehead atoms. The molecule has 2 saturated heterocycles. The molecule has 0 saturated carbocycles. The number of likely N-dealkylation sites (tertiary alicyclic amines) is 1. The summed E-state index contributed by atoms with van der Waals surface area (Å²) in [5.74, 6) is -0.203. The summed E-state index contributed by atoms with van der Waals surface area (Å²) >= 11 is 0. The van der Waals surface area contributed by atoms with Gasteiger partial charge in [0.15, 0.2) is 0 Å². The zero-order valence-electron chi connectivity index (χ0n) is 21.3. The quantitative estimate of drug-likeness (QED) is 0.476. The number of piperidine rings is 1. The molecule has 5 rings (SSSR count). The van der Waals surface area contributed by atoms with Crippen LogP contribution < -0.4 is 4.90 Å². The topological polar surface area (TPSA) is 72.7 Å². The molecular formula is C30H33N5O2. The molecule has 1 atom stereocenters. The number of anilines is 1. The Hall–Kier alpha value is -3.73. The Morgan fingerprint density at radius 3 is 2.11 bits per heavy atom. The highest BCUT2D eigenvalue weighted by Gasteiger charge is 2.34. The molecule has 190 valence electrons. The normalized spacial score (nSPS) is 18.2. The molecular weight excluding hydrogens is 462 g/mol. The maximum absolute atomic E-state index is 12.9. The predicted octanol–water partition coefficient (Wildman–Crippen LogP) is 4.12. The van der Waals surface area contributed by atoms with Crippen LogP contribution in [0.3, 0.4) is 0 Å². The van der Waals surface area contributed by atoms with E-state index in [1.165, 1.54) is 12.8 Å². The summed E-state index contributed by atoms with van der Waals surface area (Å²) in [6.07, 6.45) is 5.66. The summed E-state index contributed by atoms with van der Waals surface area (Å²) in [6, 6.07) is 22.4. The second-order valence-corrected chi connectivity index (χ2v) is 9.73. The van der Waals surface area contributed by atoms with Crippen LogP contribution in [0.4, 0.5) is 5.69 Å². The third kappa shape index (κ3) is 5.66. The molecule has 1 unspecified atom stereocenters. The van der Waals surface area contributed by atoms with E-state index in [2.05, 4.69) is 37.9 Å². The largest absolute Gasteiger partial charge is 0.468 e. The van der Waals surface area contributed by atoms with Gasteiger partial charge < -0.3 is 9.64 Å². The van der Waals surface area contributed by atoms with E-state index in [0.717, 1.165) is 68.8 Å². The molecule has 37 heavy (non-hydrogen) atoms. The van der Waals surface area contributed by atoms with Gasteiger partial charge in [0, 0.05) is 63.4 Å². The monoisotopic (exact) mass is 495 g/mol. The van der Waals surface area contributed by atoms with Crippen LogP contribution in [-0.2, 0) is 9.53 Å². The van der Waals surface area contributed by atoms with Crippen molar-refractivity contribution in [3.8, 4) is 17.2 Å². The third-order valence-electron chi connectivity index (χ3n) is 7.72. The maximum atomic E-state index is 12.9. The Morgan fingerprint density at radius 2 is 1.51 bits per heavy atom. The maximum Gasteiger partial charge on any atom is 0.327 e. The molecule has 0 N–H and O–H groups in total. The molecule has 0 spiro atoms. The van der Waals surface area contributed by atoms with Crippen molar-refractivity contribution in [1.82, 2.24) is 14.8 Å². The number of esters is 1. The summed E-state index contributed by atoms with van der Waals surface area (Å²) in [5, 5.41) is 9.03. The van der Waals surface area contributed by atoms with Gasteiger partial charge >= 0.3 is 5.97 Å². The molecule has 0 aliphatic carbocycles. The molecule has 2 aliphatic rings. The van der Waals surface area contributed by atoms with Crippen LogP contribution in [0.5, 0.6) is 0 Å². The summed E-state index contributed by atoms with van der Waals surface area (Å²) in [6.45, 7) is 5.77. The molecule has 3 aromatic rings. The van der Waals surface area contributed by atoms with E-state index in [9.17, 15) is 4.79 Å². The van der Waals surface area contributed by atoms with Crippen LogP contribution in [0.25, 0.3) is 11.1 Å². The number of carbonyl (C=O) groups excluding carboxylic acids is 1. The second-order valence-electron chi connectivity index (χ2n) is 9.73. The fourth-order valence-electron chi connectivity index (χ4n) is 5.61. The number of benzene rings is 2. The number of nitrogens with zero attached hydrogens (tertiary/aromatic N) is 5. The van der Waals surface area contributed by atoms with E-state index in [1.54, 1.807) is 12.4 Å². The van der Waals surface area contributed by atoms with Crippen molar-refractivity contribution >= 4 is 11.7 Å². The Morgan fingerprint density at radius 1 is 0.892 bits per heavy atom. The lowest BCUT2D eigenvalue weighted by Gasteiger charge is -2.44. The lowest BCUT2D eigenvalue weighted by molar-refractivity contribution is -0.148. The molecule has 0 radical (unpaired) electrons. The number of rotatable bonds is 6. The summed E-state index contributed by atoms with van der Waals surface area (Å²) in [4.78, 5) is 24.2. The lowest BCUT2D eigenvalue weighted by atomic mass is 9.96. The van der Waals surface area contributed by atoms with Crippen LogP contribution >= 0.6 is 0 Å². The fraction of sp³-hybridized carbons (Fsp3) is 0.367. The smallest absolute Gasteiger partial charge is 0.327 e. The number of pyridine rings is 1. The van der Waals surface area contributed by atoms with Crippen molar-refractivity contribution in [1.29, 1.82) is 5.26 Å². The van der Waals surface area contributed by atoms with E-state index in [4.69, 9.17) is 10.00 Å². The predicted molar refractivity (Wildman–Crippen MR) is 144 cm³/mol. The zero-order valence-corrected chi connectivity index (χ0v) is 21.3. The Bertz CT molecular complexity index is 1210. The van der Waals surface area contributed by atoms with Crippen LogP contribution in [0.2, 0.25) is 0 Å². The van der Waals surface area contributed by atoms with Crippen molar-refractivity contribution in [2.24, 2.45) is 0 Å². The number of nitriles is 1. The highest BCUT2D eigenvalue weighted by molar-refractivity contribution is 5.78. The minimum absolute atomic E-state index is 0.203. The summed E-state index contributed by atoms with van der Waals surface area (Å²) in [5.41, 5.74) is 5.07. The van der Waals surface area contributed by atoms with Crippen molar-refractivity contribution in [3.63, 3.8) is 0 Å². The fourth-order valence-corrected chi connectivity index (χ4v) is 5.61. The van der Waals surface area contributed by atoms with E-state index in [1.807, 2.05) is 48.5 Å². The average Bonchev–Trinajstić information content (AvgIpc) is 2.98. The SMILES string of the molecule is COC(=O)C(c1ccc(-c2ccncc2)cc1)N1CCC(N2CCN(c3ccc(C#N)cc3)CC2)CC1. The van der Waals surface area contributed by atoms with Gasteiger partial charge in [-0.05, 0) is 65.9 Å². The molecule has 2 aliphatic heterocycles. The van der Waals surface area contributed by atoms with E-state index >= 15 is 0 Å². The Kier molecular flexibility index (Phi) is 7.79. The standard InChI is InChI=1S/C30H33N5O2/c1-37-30(36)29(26-6-4-24(5-7-26)25-10-14-32-15-11-25)35-16-12-28(13-17-35)34-20-18-33(19-21-34)27-8-2-23(22-31)3-9-27/h2-11,14-15,28-29H,12-13,16-21H2,1H3. The minimum atomic E-state index is -0.384. The number of methoxy groups -OCH3 is 1. The van der Waals surface area contributed by atoms with Gasteiger partial charge in [-0.15, -0.1) is 0 Å². The first kappa shape index (κ1) is 24.9.